The van der Waals surface area contributed by atoms with E-state index in [4.69, 9.17) is 4.84 Å². The van der Waals surface area contributed by atoms with Gasteiger partial charge in [0, 0.05) is 23.8 Å². The quantitative estimate of drug-likeness (QED) is 0.573. The molecule has 2 aromatic carbocycles. The van der Waals surface area contributed by atoms with Crippen molar-refractivity contribution in [1.82, 2.24) is 0 Å². The second-order valence-electron chi connectivity index (χ2n) is 5.03. The number of fused-ring (bicyclic) bond motifs is 2. The molecule has 1 aliphatic rings. The van der Waals surface area contributed by atoms with E-state index < -0.39 is 13.5 Å². The third-order valence-corrected chi connectivity index (χ3v) is 5.09. The molecule has 3 rings (SSSR count). The minimum Gasteiger partial charge on any atom is -0.306 e. The molecule has 7 nitrogen and oxygen atoms in total. The van der Waals surface area contributed by atoms with Crippen LogP contribution in [0, 0.1) is 0 Å². The van der Waals surface area contributed by atoms with E-state index in [2.05, 4.69) is 4.52 Å². The van der Waals surface area contributed by atoms with Gasteiger partial charge in [0.1, 0.15) is 0 Å². The highest BCUT2D eigenvalue weighted by Gasteiger charge is 2.37. The summed E-state index contributed by atoms with van der Waals surface area (Å²) in [4.78, 5) is 41.0. The van der Waals surface area contributed by atoms with Crippen LogP contribution < -0.4 is 4.83 Å². The predicted octanol–water partition coefficient (Wildman–Crippen LogP) is 2.58. The van der Waals surface area contributed by atoms with Gasteiger partial charge in [-0.3, -0.25) is 19.0 Å². The van der Waals surface area contributed by atoms with Gasteiger partial charge in [-0.25, -0.2) is 4.57 Å². The van der Waals surface area contributed by atoms with Crippen LogP contribution in [0.1, 0.15) is 31.8 Å². The van der Waals surface area contributed by atoms with E-state index in [-0.39, 0.29) is 28.2 Å². The fraction of sp³-hybridized carbons (Fsp3) is 0.125. The molecule has 8 heteroatoms. The molecule has 1 atom stereocenters. The summed E-state index contributed by atoms with van der Waals surface area (Å²) in [5.74, 6) is -0.753. The second-order valence-corrected chi connectivity index (χ2v) is 6.74. The Morgan fingerprint density at radius 2 is 1.50 bits per heavy atom. The van der Waals surface area contributed by atoms with Gasteiger partial charge < -0.3 is 4.89 Å². The Bertz CT molecular complexity index is 894. The standard InChI is InChI=1S/C16H14NO6P/c1-22-17(24(20,21)23-2)13-9-5-8-12-14(13)16(19)11-7-4-3-6-10(11)15(12)18/h3-9H,1-2H3,(H,20,21). The van der Waals surface area contributed by atoms with E-state index in [1.807, 2.05) is 0 Å². The highest BCUT2D eigenvalue weighted by Crippen LogP contribution is 2.50. The maximum absolute atomic E-state index is 12.9. The van der Waals surface area contributed by atoms with Gasteiger partial charge in [-0.2, -0.15) is 4.83 Å². The molecule has 1 unspecified atom stereocenters. The van der Waals surface area contributed by atoms with Crippen molar-refractivity contribution < 1.29 is 28.4 Å². The summed E-state index contributed by atoms with van der Waals surface area (Å²) in [5, 5.41) is 0. The molecule has 2 aromatic rings. The maximum atomic E-state index is 12.9. The van der Waals surface area contributed by atoms with Crippen molar-refractivity contribution in [3.63, 3.8) is 0 Å². The second kappa shape index (κ2) is 5.96. The lowest BCUT2D eigenvalue weighted by molar-refractivity contribution is 0.0977. The van der Waals surface area contributed by atoms with E-state index in [0.29, 0.717) is 10.4 Å². The first-order valence-corrected chi connectivity index (χ1v) is 8.50. The predicted molar refractivity (Wildman–Crippen MR) is 86.1 cm³/mol. The highest BCUT2D eigenvalue weighted by atomic mass is 31.2. The molecule has 0 radical (unpaired) electrons. The number of hydrogen-bond donors (Lipinski definition) is 1. The molecule has 0 amide bonds. The fourth-order valence-corrected chi connectivity index (χ4v) is 3.49. The Labute approximate surface area is 138 Å². The molecule has 0 heterocycles. The van der Waals surface area contributed by atoms with Crippen molar-refractivity contribution in [2.75, 3.05) is 19.1 Å². The maximum Gasteiger partial charge on any atom is 0.456 e. The molecule has 0 spiro atoms. The van der Waals surface area contributed by atoms with Crippen LogP contribution in [0.3, 0.4) is 0 Å². The molecule has 0 aliphatic heterocycles. The summed E-state index contributed by atoms with van der Waals surface area (Å²) in [6, 6.07) is 10.9. The van der Waals surface area contributed by atoms with Gasteiger partial charge in [-0.15, -0.1) is 0 Å². The SMILES string of the molecule is CON(c1cccc2c1C(=O)c1ccccc1C2=O)P(=O)(O)OC. The molecular formula is C16H14NO6P. The first-order valence-electron chi connectivity index (χ1n) is 6.97. The largest absolute Gasteiger partial charge is 0.456 e. The van der Waals surface area contributed by atoms with Crippen LogP contribution in [0.2, 0.25) is 0 Å². The Balaban J connectivity index is 2.26. The molecule has 1 N–H and O–H groups in total. The van der Waals surface area contributed by atoms with Crippen molar-refractivity contribution in [1.29, 1.82) is 0 Å². The zero-order valence-electron chi connectivity index (χ0n) is 12.9. The van der Waals surface area contributed by atoms with Crippen LogP contribution in [0.15, 0.2) is 42.5 Å². The molecule has 0 saturated carbocycles. The smallest absolute Gasteiger partial charge is 0.306 e. The van der Waals surface area contributed by atoms with Gasteiger partial charge in [0.15, 0.2) is 11.6 Å². The molecule has 24 heavy (non-hydrogen) atoms. The van der Waals surface area contributed by atoms with Gasteiger partial charge in [0.05, 0.1) is 18.4 Å². The minimum atomic E-state index is -4.33. The topological polar surface area (TPSA) is 93.1 Å². The van der Waals surface area contributed by atoms with E-state index in [9.17, 15) is 19.0 Å². The summed E-state index contributed by atoms with van der Waals surface area (Å²) in [5.41, 5.74) is 0.693. The summed E-state index contributed by atoms with van der Waals surface area (Å²) < 4.78 is 16.8. The number of anilines is 1. The van der Waals surface area contributed by atoms with Crippen LogP contribution in [0.25, 0.3) is 0 Å². The molecular weight excluding hydrogens is 333 g/mol. The number of benzene rings is 2. The average molecular weight is 347 g/mol. The monoisotopic (exact) mass is 347 g/mol. The Hall–Kier alpha value is -2.31. The molecule has 0 saturated heterocycles. The van der Waals surface area contributed by atoms with Crippen LogP contribution in [0.4, 0.5) is 5.69 Å². The number of carbonyl (C=O) groups excluding carboxylic acids is 2. The van der Waals surface area contributed by atoms with Crippen LogP contribution in [0.5, 0.6) is 0 Å². The number of ketones is 2. The number of carbonyl (C=O) groups is 2. The lowest BCUT2D eigenvalue weighted by Gasteiger charge is -2.28. The summed E-state index contributed by atoms with van der Waals surface area (Å²) >= 11 is 0. The first kappa shape index (κ1) is 16.5. The number of hydrogen-bond acceptors (Lipinski definition) is 5. The van der Waals surface area contributed by atoms with E-state index in [1.165, 1.54) is 25.3 Å². The van der Waals surface area contributed by atoms with Crippen LogP contribution >= 0.6 is 7.75 Å². The molecule has 124 valence electrons. The van der Waals surface area contributed by atoms with E-state index in [1.54, 1.807) is 24.3 Å². The summed E-state index contributed by atoms with van der Waals surface area (Å²) in [7, 11) is -2.12. The van der Waals surface area contributed by atoms with Gasteiger partial charge >= 0.3 is 7.75 Å². The average Bonchev–Trinajstić information content (AvgIpc) is 2.60. The lowest BCUT2D eigenvalue weighted by Crippen LogP contribution is -2.26. The van der Waals surface area contributed by atoms with Crippen molar-refractivity contribution >= 4 is 25.0 Å². The molecule has 0 bridgehead atoms. The van der Waals surface area contributed by atoms with Gasteiger partial charge in [-0.1, -0.05) is 36.4 Å². The highest BCUT2D eigenvalue weighted by molar-refractivity contribution is 7.54. The summed E-state index contributed by atoms with van der Waals surface area (Å²) in [6.07, 6.45) is 0. The Morgan fingerprint density at radius 3 is 2.08 bits per heavy atom. The number of nitrogens with zero attached hydrogens (tertiary/aromatic N) is 1. The molecule has 1 aliphatic carbocycles. The van der Waals surface area contributed by atoms with Crippen molar-refractivity contribution in [2.45, 2.75) is 0 Å². The van der Waals surface area contributed by atoms with E-state index >= 15 is 0 Å². The van der Waals surface area contributed by atoms with Crippen molar-refractivity contribution in [3.05, 3.63) is 64.7 Å². The van der Waals surface area contributed by atoms with Crippen LogP contribution in [-0.4, -0.2) is 30.7 Å². The van der Waals surface area contributed by atoms with Crippen molar-refractivity contribution in [2.24, 2.45) is 0 Å². The third-order valence-electron chi connectivity index (χ3n) is 3.78. The van der Waals surface area contributed by atoms with Crippen molar-refractivity contribution in [3.8, 4) is 0 Å². The summed E-state index contributed by atoms with van der Waals surface area (Å²) in [6.45, 7) is 0. The van der Waals surface area contributed by atoms with Crippen LogP contribution in [-0.2, 0) is 13.9 Å². The van der Waals surface area contributed by atoms with Gasteiger partial charge in [-0.05, 0) is 6.07 Å². The Morgan fingerprint density at radius 1 is 0.917 bits per heavy atom. The Kier molecular flexibility index (Phi) is 4.11. The minimum absolute atomic E-state index is 0.00413. The zero-order valence-corrected chi connectivity index (χ0v) is 13.8. The normalized spacial score (nSPS) is 15.5. The first-order chi connectivity index (χ1) is 11.4. The van der Waals surface area contributed by atoms with E-state index in [0.717, 1.165) is 7.11 Å². The lowest BCUT2D eigenvalue weighted by atomic mass is 9.83. The number of rotatable bonds is 4. The fourth-order valence-electron chi connectivity index (χ4n) is 2.70. The molecule has 0 aromatic heterocycles. The zero-order chi connectivity index (χ0) is 17.5. The van der Waals surface area contributed by atoms with Gasteiger partial charge in [0.25, 0.3) is 0 Å². The van der Waals surface area contributed by atoms with Gasteiger partial charge in [0.2, 0.25) is 0 Å². The third kappa shape index (κ3) is 2.39. The molecule has 0 fully saturated rings.